The fourth-order valence-electron chi connectivity index (χ4n) is 4.10. The van der Waals surface area contributed by atoms with Gasteiger partial charge in [-0.15, -0.1) is 12.3 Å². The van der Waals surface area contributed by atoms with Crippen LogP contribution in [0.4, 0.5) is 0 Å². The Balaban J connectivity index is 3.05. The molecular formula is C19H33N3OSi. The van der Waals surface area contributed by atoms with Gasteiger partial charge < -0.3 is 4.43 Å². The predicted octanol–water partition coefficient (Wildman–Crippen LogP) is 6.22. The maximum absolute atomic E-state index is 8.45. The maximum atomic E-state index is 8.45. The molecule has 134 valence electrons. The van der Waals surface area contributed by atoms with Gasteiger partial charge in [-0.05, 0) is 61.3 Å². The summed E-state index contributed by atoms with van der Waals surface area (Å²) in [6, 6.07) is 3.41. The van der Waals surface area contributed by atoms with Crippen molar-refractivity contribution < 1.29 is 4.43 Å². The molecular weight excluding hydrogens is 314 g/mol. The third-order valence-corrected chi connectivity index (χ3v) is 10.5. The molecule has 0 aromatic heterocycles. The zero-order valence-electron chi connectivity index (χ0n) is 15.7. The Morgan fingerprint density at radius 3 is 2.62 bits per heavy atom. The molecule has 0 amide bonds. The Morgan fingerprint density at radius 2 is 2.08 bits per heavy atom. The van der Waals surface area contributed by atoms with E-state index in [0.29, 0.717) is 12.5 Å². The molecule has 0 aromatic rings. The van der Waals surface area contributed by atoms with Gasteiger partial charge in [0.1, 0.15) is 0 Å². The number of rotatable bonds is 11. The summed E-state index contributed by atoms with van der Waals surface area (Å²) in [6.07, 6.45) is 11.4. The molecule has 0 aliphatic heterocycles. The molecule has 0 aromatic carbocycles. The van der Waals surface area contributed by atoms with Crippen molar-refractivity contribution in [1.29, 1.82) is 0 Å². The van der Waals surface area contributed by atoms with E-state index in [2.05, 4.69) is 43.3 Å². The number of nitrogens with zero attached hydrogens (tertiary/aromatic N) is 3. The van der Waals surface area contributed by atoms with Gasteiger partial charge in [0.05, 0.1) is 5.60 Å². The quantitative estimate of drug-likeness (QED) is 0.0832. The first-order chi connectivity index (χ1) is 11.5. The minimum atomic E-state index is -1.75. The van der Waals surface area contributed by atoms with E-state index in [4.69, 9.17) is 16.4 Å². The molecule has 0 N–H and O–H groups in total. The van der Waals surface area contributed by atoms with E-state index >= 15 is 0 Å². The summed E-state index contributed by atoms with van der Waals surface area (Å²) in [7, 11) is -1.75. The van der Waals surface area contributed by atoms with E-state index < -0.39 is 8.32 Å². The van der Waals surface area contributed by atoms with Crippen molar-refractivity contribution in [1.82, 2.24) is 0 Å². The Labute approximate surface area is 148 Å². The standard InChI is InChI=1S/C19H33N3OSi/c1-6-12-18-14-10-15-19(18,17(5)13-11-16-21-22-20)23-24(7-2,8-3)9-4/h1,18H,5,7-16H2,2-4H3/t18-,19-/m0/s1. The lowest BCUT2D eigenvalue weighted by Crippen LogP contribution is -2.50. The van der Waals surface area contributed by atoms with Crippen molar-refractivity contribution >= 4 is 8.32 Å². The summed E-state index contributed by atoms with van der Waals surface area (Å²) in [4.78, 5) is 2.84. The van der Waals surface area contributed by atoms with Crippen LogP contribution < -0.4 is 0 Å². The highest BCUT2D eigenvalue weighted by Gasteiger charge is 2.49. The molecule has 1 saturated carbocycles. The lowest BCUT2D eigenvalue weighted by Gasteiger charge is -2.45. The largest absolute Gasteiger partial charge is 0.407 e. The number of hydrogen-bond donors (Lipinski definition) is 0. The van der Waals surface area contributed by atoms with Crippen molar-refractivity contribution in [2.24, 2.45) is 11.0 Å². The van der Waals surface area contributed by atoms with Crippen LogP contribution in [-0.2, 0) is 4.43 Å². The second kappa shape index (κ2) is 9.93. The van der Waals surface area contributed by atoms with Gasteiger partial charge in [-0.1, -0.05) is 32.5 Å². The highest BCUT2D eigenvalue weighted by Crippen LogP contribution is 2.49. The summed E-state index contributed by atoms with van der Waals surface area (Å²) < 4.78 is 7.06. The summed E-state index contributed by atoms with van der Waals surface area (Å²) in [5.74, 6) is 3.24. The first kappa shape index (κ1) is 20.8. The van der Waals surface area contributed by atoms with Crippen LogP contribution in [0.15, 0.2) is 17.3 Å². The first-order valence-corrected chi connectivity index (χ1v) is 11.9. The van der Waals surface area contributed by atoms with Crippen LogP contribution in [0.1, 0.15) is 59.3 Å². The Hall–Kier alpha value is -1.21. The molecule has 0 saturated heterocycles. The van der Waals surface area contributed by atoms with Gasteiger partial charge in [0, 0.05) is 23.8 Å². The van der Waals surface area contributed by atoms with E-state index in [0.717, 1.165) is 56.7 Å². The molecule has 1 fully saturated rings. The van der Waals surface area contributed by atoms with Crippen LogP contribution in [0.5, 0.6) is 0 Å². The average molecular weight is 348 g/mol. The molecule has 0 radical (unpaired) electrons. The normalized spacial score (nSPS) is 23.5. The van der Waals surface area contributed by atoms with Gasteiger partial charge in [0.15, 0.2) is 8.32 Å². The van der Waals surface area contributed by atoms with Crippen LogP contribution in [0, 0.1) is 18.3 Å². The highest BCUT2D eigenvalue weighted by atomic mass is 28.4. The third-order valence-electron chi connectivity index (χ3n) is 5.85. The van der Waals surface area contributed by atoms with Gasteiger partial charge in [-0.3, -0.25) is 0 Å². The molecule has 1 rings (SSSR count). The fraction of sp³-hybridized carbons (Fsp3) is 0.789. The molecule has 0 bridgehead atoms. The molecule has 0 unspecified atom stereocenters. The molecule has 0 spiro atoms. The Kier molecular flexibility index (Phi) is 8.62. The lowest BCUT2D eigenvalue weighted by molar-refractivity contribution is 0.0525. The van der Waals surface area contributed by atoms with E-state index in [-0.39, 0.29) is 5.60 Å². The molecule has 24 heavy (non-hydrogen) atoms. The van der Waals surface area contributed by atoms with Gasteiger partial charge >= 0.3 is 0 Å². The third kappa shape index (κ3) is 4.66. The molecule has 4 nitrogen and oxygen atoms in total. The van der Waals surface area contributed by atoms with Crippen molar-refractivity contribution in [2.45, 2.75) is 83.0 Å². The number of azide groups is 1. The number of hydrogen-bond acceptors (Lipinski definition) is 2. The zero-order chi connectivity index (χ0) is 18.1. The van der Waals surface area contributed by atoms with Crippen LogP contribution in [0.25, 0.3) is 10.4 Å². The van der Waals surface area contributed by atoms with Crippen LogP contribution in [0.3, 0.4) is 0 Å². The fourth-order valence-corrected chi connectivity index (χ4v) is 7.22. The average Bonchev–Trinajstić information content (AvgIpc) is 3.00. The molecule has 1 aliphatic carbocycles. The monoisotopic (exact) mass is 347 g/mol. The summed E-state index contributed by atoms with van der Waals surface area (Å²) in [6.45, 7) is 11.7. The lowest BCUT2D eigenvalue weighted by atomic mass is 9.81. The molecule has 1 aliphatic rings. The first-order valence-electron chi connectivity index (χ1n) is 9.36. The van der Waals surface area contributed by atoms with Crippen LogP contribution >= 0.6 is 0 Å². The van der Waals surface area contributed by atoms with Crippen LogP contribution in [-0.4, -0.2) is 20.5 Å². The topological polar surface area (TPSA) is 58.0 Å². The van der Waals surface area contributed by atoms with E-state index in [1.807, 2.05) is 0 Å². The van der Waals surface area contributed by atoms with E-state index in [1.54, 1.807) is 0 Å². The minimum absolute atomic E-state index is 0.253. The molecule has 2 atom stereocenters. The van der Waals surface area contributed by atoms with Crippen LogP contribution in [0.2, 0.25) is 18.1 Å². The Morgan fingerprint density at radius 1 is 1.42 bits per heavy atom. The van der Waals surface area contributed by atoms with Gasteiger partial charge in [0.2, 0.25) is 0 Å². The summed E-state index contributed by atoms with van der Waals surface area (Å²) in [5, 5.41) is 3.65. The van der Waals surface area contributed by atoms with Crippen molar-refractivity contribution in [3.05, 3.63) is 22.6 Å². The summed E-state index contributed by atoms with van der Waals surface area (Å²) in [5.41, 5.74) is 9.36. The minimum Gasteiger partial charge on any atom is -0.407 e. The van der Waals surface area contributed by atoms with Gasteiger partial charge in [-0.25, -0.2) is 0 Å². The smallest absolute Gasteiger partial charge is 0.193 e. The zero-order valence-corrected chi connectivity index (χ0v) is 16.7. The Bertz CT molecular complexity index is 495. The van der Waals surface area contributed by atoms with Gasteiger partial charge in [-0.2, -0.15) is 0 Å². The van der Waals surface area contributed by atoms with E-state index in [1.165, 1.54) is 5.57 Å². The second-order valence-electron chi connectivity index (χ2n) is 6.89. The van der Waals surface area contributed by atoms with Gasteiger partial charge in [0.25, 0.3) is 0 Å². The van der Waals surface area contributed by atoms with Crippen molar-refractivity contribution in [3.63, 3.8) is 0 Å². The molecule has 5 heteroatoms. The van der Waals surface area contributed by atoms with E-state index in [9.17, 15) is 0 Å². The predicted molar refractivity (Wildman–Crippen MR) is 104 cm³/mol. The maximum Gasteiger partial charge on any atom is 0.193 e. The number of terminal acetylenes is 1. The second-order valence-corrected chi connectivity index (χ2v) is 11.6. The molecule has 0 heterocycles. The summed E-state index contributed by atoms with van der Waals surface area (Å²) >= 11 is 0. The van der Waals surface area contributed by atoms with Crippen molar-refractivity contribution in [3.8, 4) is 12.3 Å². The SMILES string of the molecule is C#CC[C@H]1CCC[C@]1(O[Si](CC)(CC)CC)C(=C)CCCN=[N+]=[N-]. The highest BCUT2D eigenvalue weighted by molar-refractivity contribution is 6.73. The van der Waals surface area contributed by atoms with Crippen molar-refractivity contribution in [2.75, 3.05) is 6.54 Å².